The molecule has 2 aromatic rings. The SMILES string of the molecule is CC(N)Cc1cc(Br)c(OCc2ccc(Br)cn2)c(Br)c1. The molecule has 2 N–H and O–H groups in total. The van der Waals surface area contributed by atoms with Crippen LogP contribution in [0.15, 0.2) is 43.9 Å². The van der Waals surface area contributed by atoms with Gasteiger partial charge in [0.1, 0.15) is 12.4 Å². The van der Waals surface area contributed by atoms with Crippen LogP contribution in [0.5, 0.6) is 5.75 Å². The third-order valence-corrected chi connectivity index (χ3v) is 4.42. The molecule has 112 valence electrons. The van der Waals surface area contributed by atoms with Crippen molar-refractivity contribution in [1.82, 2.24) is 4.98 Å². The molecule has 0 aliphatic heterocycles. The number of benzene rings is 1. The molecule has 3 nitrogen and oxygen atoms in total. The van der Waals surface area contributed by atoms with Gasteiger partial charge in [0.2, 0.25) is 0 Å². The van der Waals surface area contributed by atoms with Crippen molar-refractivity contribution in [1.29, 1.82) is 0 Å². The van der Waals surface area contributed by atoms with Gasteiger partial charge in [0.25, 0.3) is 0 Å². The Balaban J connectivity index is 2.11. The third-order valence-electron chi connectivity index (χ3n) is 2.77. The Hall–Kier alpha value is -0.430. The smallest absolute Gasteiger partial charge is 0.148 e. The Morgan fingerprint density at radius 1 is 1.19 bits per heavy atom. The fourth-order valence-corrected chi connectivity index (χ4v) is 3.62. The lowest BCUT2D eigenvalue weighted by Crippen LogP contribution is -2.17. The summed E-state index contributed by atoms with van der Waals surface area (Å²) in [6.07, 6.45) is 2.58. The van der Waals surface area contributed by atoms with E-state index in [9.17, 15) is 0 Å². The molecule has 0 aliphatic rings. The predicted molar refractivity (Wildman–Crippen MR) is 95.5 cm³/mol. The summed E-state index contributed by atoms with van der Waals surface area (Å²) in [5, 5.41) is 0. The van der Waals surface area contributed by atoms with Gasteiger partial charge in [0, 0.05) is 16.7 Å². The van der Waals surface area contributed by atoms with Crippen molar-refractivity contribution >= 4 is 47.8 Å². The van der Waals surface area contributed by atoms with E-state index in [1.807, 2.05) is 31.2 Å². The van der Waals surface area contributed by atoms with Crippen molar-refractivity contribution in [3.63, 3.8) is 0 Å². The monoisotopic (exact) mass is 476 g/mol. The van der Waals surface area contributed by atoms with Crippen molar-refractivity contribution in [3.05, 3.63) is 55.1 Å². The van der Waals surface area contributed by atoms with Gasteiger partial charge in [-0.05, 0) is 91.0 Å². The van der Waals surface area contributed by atoms with Gasteiger partial charge in [-0.25, -0.2) is 0 Å². The first-order valence-corrected chi connectivity index (χ1v) is 8.80. The van der Waals surface area contributed by atoms with Crippen LogP contribution in [0, 0.1) is 0 Å². The van der Waals surface area contributed by atoms with Crippen LogP contribution in [0.25, 0.3) is 0 Å². The van der Waals surface area contributed by atoms with Gasteiger partial charge in [-0.2, -0.15) is 0 Å². The highest BCUT2D eigenvalue weighted by molar-refractivity contribution is 9.11. The highest BCUT2D eigenvalue weighted by Crippen LogP contribution is 2.35. The molecule has 1 unspecified atom stereocenters. The Labute approximate surface area is 149 Å². The van der Waals surface area contributed by atoms with Crippen LogP contribution in [-0.2, 0) is 13.0 Å². The number of halogens is 3. The molecular weight excluding hydrogens is 464 g/mol. The molecule has 0 saturated heterocycles. The summed E-state index contributed by atoms with van der Waals surface area (Å²) < 4.78 is 8.62. The number of aromatic nitrogens is 1. The maximum atomic E-state index is 5.85. The molecule has 6 heteroatoms. The first-order valence-electron chi connectivity index (χ1n) is 6.42. The number of nitrogens with zero attached hydrogens (tertiary/aromatic N) is 1. The molecule has 2 rings (SSSR count). The lowest BCUT2D eigenvalue weighted by atomic mass is 10.1. The Kier molecular flexibility index (Phi) is 6.22. The standard InChI is InChI=1S/C15H15Br3N2O/c1-9(19)4-10-5-13(17)15(14(18)6-10)21-8-12-3-2-11(16)7-20-12/h2-3,5-7,9H,4,8,19H2,1H3. The first-order chi connectivity index (χ1) is 9.95. The highest BCUT2D eigenvalue weighted by atomic mass is 79.9. The van der Waals surface area contributed by atoms with Crippen LogP contribution < -0.4 is 10.5 Å². The van der Waals surface area contributed by atoms with Crippen molar-refractivity contribution in [2.24, 2.45) is 5.73 Å². The third kappa shape index (κ3) is 5.06. The maximum absolute atomic E-state index is 5.85. The lowest BCUT2D eigenvalue weighted by Gasteiger charge is -2.13. The number of hydrogen-bond donors (Lipinski definition) is 1. The minimum atomic E-state index is 0.127. The van der Waals surface area contributed by atoms with E-state index >= 15 is 0 Å². The average molecular weight is 479 g/mol. The van der Waals surface area contributed by atoms with Crippen LogP contribution in [0.1, 0.15) is 18.2 Å². The summed E-state index contributed by atoms with van der Waals surface area (Å²) in [5.74, 6) is 0.771. The van der Waals surface area contributed by atoms with Gasteiger partial charge in [0.15, 0.2) is 0 Å². The molecule has 0 radical (unpaired) electrons. The first kappa shape index (κ1) is 16.9. The molecule has 0 spiro atoms. The number of pyridine rings is 1. The van der Waals surface area contributed by atoms with Crippen molar-refractivity contribution < 1.29 is 4.74 Å². The van der Waals surface area contributed by atoms with Crippen LogP contribution in [0.2, 0.25) is 0 Å². The summed E-state index contributed by atoms with van der Waals surface area (Å²) in [5.41, 5.74) is 7.87. The Morgan fingerprint density at radius 3 is 2.38 bits per heavy atom. The second-order valence-electron chi connectivity index (χ2n) is 4.83. The van der Waals surface area contributed by atoms with Crippen LogP contribution >= 0.6 is 47.8 Å². The average Bonchev–Trinajstić information content (AvgIpc) is 2.39. The van der Waals surface area contributed by atoms with E-state index < -0.39 is 0 Å². The van der Waals surface area contributed by atoms with E-state index in [1.165, 1.54) is 0 Å². The van der Waals surface area contributed by atoms with E-state index in [1.54, 1.807) is 6.20 Å². The zero-order valence-electron chi connectivity index (χ0n) is 11.4. The number of nitrogens with two attached hydrogens (primary N) is 1. The quantitative estimate of drug-likeness (QED) is 0.669. The molecule has 1 heterocycles. The van der Waals surface area contributed by atoms with E-state index in [2.05, 4.69) is 52.8 Å². The normalized spacial score (nSPS) is 12.2. The summed E-state index contributed by atoms with van der Waals surface area (Å²) in [6.45, 7) is 2.41. The second-order valence-corrected chi connectivity index (χ2v) is 7.45. The Bertz CT molecular complexity index is 592. The molecular formula is C15H15Br3N2O. The van der Waals surface area contributed by atoms with Crippen molar-refractivity contribution in [2.45, 2.75) is 26.0 Å². The minimum Gasteiger partial charge on any atom is -0.485 e. The zero-order valence-corrected chi connectivity index (χ0v) is 16.2. The summed E-state index contributed by atoms with van der Waals surface area (Å²) in [7, 11) is 0. The highest BCUT2D eigenvalue weighted by Gasteiger charge is 2.10. The molecule has 21 heavy (non-hydrogen) atoms. The van der Waals surface area contributed by atoms with Gasteiger partial charge in [-0.3, -0.25) is 4.98 Å². The van der Waals surface area contributed by atoms with Crippen LogP contribution in [-0.4, -0.2) is 11.0 Å². The molecule has 0 aliphatic carbocycles. The fraction of sp³-hybridized carbons (Fsp3) is 0.267. The fourth-order valence-electron chi connectivity index (χ4n) is 1.88. The Morgan fingerprint density at radius 2 is 1.86 bits per heavy atom. The molecule has 0 bridgehead atoms. The largest absolute Gasteiger partial charge is 0.485 e. The molecule has 0 saturated carbocycles. The topological polar surface area (TPSA) is 48.1 Å². The molecule has 1 atom stereocenters. The van der Waals surface area contributed by atoms with Crippen LogP contribution in [0.3, 0.4) is 0 Å². The van der Waals surface area contributed by atoms with Crippen LogP contribution in [0.4, 0.5) is 0 Å². The zero-order chi connectivity index (χ0) is 15.4. The predicted octanol–water partition coefficient (Wildman–Crippen LogP) is 4.84. The van der Waals surface area contributed by atoms with Gasteiger partial charge >= 0.3 is 0 Å². The minimum absolute atomic E-state index is 0.127. The lowest BCUT2D eigenvalue weighted by molar-refractivity contribution is 0.297. The molecule has 0 amide bonds. The van der Waals surface area contributed by atoms with Gasteiger partial charge in [-0.1, -0.05) is 0 Å². The molecule has 1 aromatic heterocycles. The van der Waals surface area contributed by atoms with E-state index in [-0.39, 0.29) is 6.04 Å². The van der Waals surface area contributed by atoms with E-state index in [0.717, 1.165) is 36.8 Å². The summed E-state index contributed by atoms with van der Waals surface area (Å²) in [6, 6.07) is 8.08. The van der Waals surface area contributed by atoms with Gasteiger partial charge in [-0.15, -0.1) is 0 Å². The number of rotatable bonds is 5. The number of ether oxygens (including phenoxy) is 1. The summed E-state index contributed by atoms with van der Waals surface area (Å²) in [4.78, 5) is 4.29. The van der Waals surface area contributed by atoms with E-state index in [4.69, 9.17) is 10.5 Å². The van der Waals surface area contributed by atoms with Crippen molar-refractivity contribution in [2.75, 3.05) is 0 Å². The van der Waals surface area contributed by atoms with Gasteiger partial charge in [0.05, 0.1) is 14.6 Å². The van der Waals surface area contributed by atoms with Crippen molar-refractivity contribution in [3.8, 4) is 5.75 Å². The summed E-state index contributed by atoms with van der Waals surface area (Å²) >= 11 is 10.5. The second kappa shape index (κ2) is 7.72. The number of hydrogen-bond acceptors (Lipinski definition) is 3. The van der Waals surface area contributed by atoms with E-state index in [0.29, 0.717) is 6.61 Å². The molecule has 1 aromatic carbocycles. The maximum Gasteiger partial charge on any atom is 0.148 e. The van der Waals surface area contributed by atoms with Gasteiger partial charge < -0.3 is 10.5 Å². The molecule has 0 fully saturated rings.